The number of benzene rings is 1. The van der Waals surface area contributed by atoms with Crippen LogP contribution in [-0.4, -0.2) is 33.1 Å². The van der Waals surface area contributed by atoms with E-state index in [0.29, 0.717) is 11.3 Å². The van der Waals surface area contributed by atoms with Gasteiger partial charge in [-0.2, -0.15) is 0 Å². The lowest BCUT2D eigenvalue weighted by atomic mass is 10.1. The molecule has 0 fully saturated rings. The summed E-state index contributed by atoms with van der Waals surface area (Å²) in [6, 6.07) is 5.42. The molecule has 0 bridgehead atoms. The summed E-state index contributed by atoms with van der Waals surface area (Å²) in [5.41, 5.74) is 1.62. The van der Waals surface area contributed by atoms with E-state index in [1.165, 1.54) is 11.8 Å². The molecule has 0 atom stereocenters. The molecule has 6 nitrogen and oxygen atoms in total. The zero-order valence-electron chi connectivity index (χ0n) is 11.0. The molecule has 100 valence electrons. The first-order chi connectivity index (χ1) is 9.11. The third-order valence-corrected chi connectivity index (χ3v) is 3.68. The zero-order chi connectivity index (χ0) is 13.8. The van der Waals surface area contributed by atoms with E-state index in [1.54, 1.807) is 31.8 Å². The molecule has 0 saturated carbocycles. The van der Waals surface area contributed by atoms with Crippen LogP contribution in [0.5, 0.6) is 5.75 Å². The Labute approximate surface area is 115 Å². The lowest BCUT2D eigenvalue weighted by Crippen LogP contribution is -1.98. The lowest BCUT2D eigenvalue weighted by molar-refractivity contribution is 0.101. The summed E-state index contributed by atoms with van der Waals surface area (Å²) >= 11 is 1.49. The van der Waals surface area contributed by atoms with Crippen LogP contribution in [-0.2, 0) is 12.8 Å². The minimum absolute atomic E-state index is 0.0363. The number of ketones is 1. The number of Topliss-reactive ketones (excluding diaryl/α,β-unsaturated/α-hetero) is 1. The summed E-state index contributed by atoms with van der Waals surface area (Å²) in [6.45, 7) is 1.55. The Bertz CT molecular complexity index is 597. The van der Waals surface area contributed by atoms with Crippen molar-refractivity contribution in [1.82, 2.24) is 20.2 Å². The number of nitrogens with zero attached hydrogens (tertiary/aromatic N) is 4. The van der Waals surface area contributed by atoms with Crippen LogP contribution in [0.1, 0.15) is 22.8 Å². The van der Waals surface area contributed by atoms with Crippen molar-refractivity contribution in [2.75, 3.05) is 7.11 Å². The number of methoxy groups -OCH3 is 1. The van der Waals surface area contributed by atoms with E-state index < -0.39 is 0 Å². The van der Waals surface area contributed by atoms with E-state index >= 15 is 0 Å². The number of carbonyl (C=O) groups is 1. The van der Waals surface area contributed by atoms with Crippen molar-refractivity contribution in [3.05, 3.63) is 29.3 Å². The molecule has 1 aromatic carbocycles. The molecule has 1 heterocycles. The molecule has 19 heavy (non-hydrogen) atoms. The molecule has 0 amide bonds. The lowest BCUT2D eigenvalue weighted by Gasteiger charge is -2.09. The summed E-state index contributed by atoms with van der Waals surface area (Å²) in [4.78, 5) is 11.4. The average molecular weight is 278 g/mol. The van der Waals surface area contributed by atoms with Gasteiger partial charge in [0, 0.05) is 23.9 Å². The summed E-state index contributed by atoms with van der Waals surface area (Å²) in [5.74, 6) is 1.43. The molecule has 1 aromatic heterocycles. The zero-order valence-corrected chi connectivity index (χ0v) is 11.8. The van der Waals surface area contributed by atoms with Crippen molar-refractivity contribution >= 4 is 17.5 Å². The molecule has 0 unspecified atom stereocenters. The molecule has 0 aliphatic rings. The first-order valence-corrected chi connectivity index (χ1v) is 6.63. The highest BCUT2D eigenvalue weighted by atomic mass is 32.2. The minimum Gasteiger partial charge on any atom is -0.496 e. The number of hydrogen-bond donors (Lipinski definition) is 0. The predicted octanol–water partition coefficient (Wildman–Crippen LogP) is 1.71. The third kappa shape index (κ3) is 3.11. The Morgan fingerprint density at radius 3 is 2.84 bits per heavy atom. The Balaban J connectivity index is 2.20. The molecule has 0 aliphatic carbocycles. The van der Waals surface area contributed by atoms with Gasteiger partial charge in [0.25, 0.3) is 0 Å². The number of tetrazole rings is 1. The molecule has 0 N–H and O–H groups in total. The monoisotopic (exact) mass is 278 g/mol. The van der Waals surface area contributed by atoms with E-state index in [4.69, 9.17) is 4.74 Å². The highest BCUT2D eigenvalue weighted by molar-refractivity contribution is 7.98. The number of hydrogen-bond acceptors (Lipinski definition) is 6. The van der Waals surface area contributed by atoms with Crippen molar-refractivity contribution in [1.29, 1.82) is 0 Å². The van der Waals surface area contributed by atoms with Gasteiger partial charge in [-0.05, 0) is 35.5 Å². The quantitative estimate of drug-likeness (QED) is 0.612. The Kier molecular flexibility index (Phi) is 4.16. The van der Waals surface area contributed by atoms with E-state index in [-0.39, 0.29) is 5.78 Å². The molecular formula is C12H14N4O2S. The standard InChI is InChI=1S/C12H14N4O2S/c1-8(17)9-4-5-11(18-3)10(6-9)7-19-12-13-14-15-16(12)2/h4-6H,7H2,1-3H3. The van der Waals surface area contributed by atoms with Crippen LogP contribution in [0.3, 0.4) is 0 Å². The normalized spacial score (nSPS) is 10.5. The second-order valence-corrected chi connectivity index (χ2v) is 4.90. The number of rotatable bonds is 5. The molecule has 0 spiro atoms. The van der Waals surface area contributed by atoms with Crippen LogP contribution in [0.15, 0.2) is 23.4 Å². The van der Waals surface area contributed by atoms with Crippen LogP contribution < -0.4 is 4.74 Å². The van der Waals surface area contributed by atoms with Crippen molar-refractivity contribution in [2.24, 2.45) is 7.05 Å². The fourth-order valence-electron chi connectivity index (χ4n) is 1.60. The molecule has 0 radical (unpaired) electrons. The van der Waals surface area contributed by atoms with Gasteiger partial charge in [0.1, 0.15) is 5.75 Å². The van der Waals surface area contributed by atoms with E-state index in [0.717, 1.165) is 16.5 Å². The summed E-state index contributed by atoms with van der Waals surface area (Å²) in [5, 5.41) is 12.0. The molecule has 2 rings (SSSR count). The highest BCUT2D eigenvalue weighted by Crippen LogP contribution is 2.27. The van der Waals surface area contributed by atoms with Crippen molar-refractivity contribution in [3.63, 3.8) is 0 Å². The van der Waals surface area contributed by atoms with Gasteiger partial charge in [-0.25, -0.2) is 4.68 Å². The SMILES string of the molecule is COc1ccc(C(C)=O)cc1CSc1nnnn1C. The van der Waals surface area contributed by atoms with Crippen LogP contribution in [0, 0.1) is 0 Å². The molecular weight excluding hydrogens is 264 g/mol. The Hall–Kier alpha value is -1.89. The molecule has 7 heteroatoms. The van der Waals surface area contributed by atoms with E-state index in [9.17, 15) is 4.79 Å². The molecule has 0 aliphatic heterocycles. The van der Waals surface area contributed by atoms with Gasteiger partial charge in [-0.15, -0.1) is 5.10 Å². The van der Waals surface area contributed by atoms with Gasteiger partial charge in [0.05, 0.1) is 7.11 Å². The van der Waals surface area contributed by atoms with Crippen LogP contribution in [0.4, 0.5) is 0 Å². The number of thioether (sulfide) groups is 1. The minimum atomic E-state index is 0.0363. The van der Waals surface area contributed by atoms with E-state index in [2.05, 4.69) is 15.5 Å². The van der Waals surface area contributed by atoms with Crippen molar-refractivity contribution in [3.8, 4) is 5.75 Å². The largest absolute Gasteiger partial charge is 0.496 e. The van der Waals surface area contributed by atoms with Gasteiger partial charge in [-0.1, -0.05) is 11.8 Å². The topological polar surface area (TPSA) is 69.9 Å². The van der Waals surface area contributed by atoms with Gasteiger partial charge in [0.15, 0.2) is 5.78 Å². The number of aromatic nitrogens is 4. The van der Waals surface area contributed by atoms with Gasteiger partial charge in [0.2, 0.25) is 5.16 Å². The maximum atomic E-state index is 11.4. The summed E-state index contributed by atoms with van der Waals surface area (Å²) in [6.07, 6.45) is 0. The van der Waals surface area contributed by atoms with Gasteiger partial charge >= 0.3 is 0 Å². The summed E-state index contributed by atoms with van der Waals surface area (Å²) < 4.78 is 6.90. The van der Waals surface area contributed by atoms with Crippen LogP contribution in [0.2, 0.25) is 0 Å². The number of aryl methyl sites for hydroxylation is 1. The summed E-state index contributed by atoms with van der Waals surface area (Å²) in [7, 11) is 3.40. The number of ether oxygens (including phenoxy) is 1. The molecule has 0 saturated heterocycles. The van der Waals surface area contributed by atoms with Crippen LogP contribution >= 0.6 is 11.8 Å². The smallest absolute Gasteiger partial charge is 0.209 e. The first kappa shape index (κ1) is 13.5. The van der Waals surface area contributed by atoms with Crippen molar-refractivity contribution < 1.29 is 9.53 Å². The average Bonchev–Trinajstić information content (AvgIpc) is 2.81. The number of carbonyl (C=O) groups excluding carboxylic acids is 1. The van der Waals surface area contributed by atoms with Crippen LogP contribution in [0.25, 0.3) is 0 Å². The second kappa shape index (κ2) is 5.83. The second-order valence-electron chi connectivity index (χ2n) is 3.96. The fraction of sp³-hybridized carbons (Fsp3) is 0.333. The molecule has 2 aromatic rings. The Morgan fingerprint density at radius 2 is 2.26 bits per heavy atom. The fourth-order valence-corrected chi connectivity index (χ4v) is 2.42. The maximum Gasteiger partial charge on any atom is 0.209 e. The Morgan fingerprint density at radius 1 is 1.47 bits per heavy atom. The highest BCUT2D eigenvalue weighted by Gasteiger charge is 2.10. The van der Waals surface area contributed by atoms with Gasteiger partial charge < -0.3 is 4.74 Å². The first-order valence-electron chi connectivity index (χ1n) is 5.65. The van der Waals surface area contributed by atoms with Gasteiger partial charge in [-0.3, -0.25) is 4.79 Å². The third-order valence-electron chi connectivity index (χ3n) is 2.62. The predicted molar refractivity (Wildman–Crippen MR) is 71.4 cm³/mol. The van der Waals surface area contributed by atoms with Crippen molar-refractivity contribution in [2.45, 2.75) is 17.8 Å². The maximum absolute atomic E-state index is 11.4. The van der Waals surface area contributed by atoms with E-state index in [1.807, 2.05) is 12.1 Å².